The van der Waals surface area contributed by atoms with Gasteiger partial charge in [-0.2, -0.15) is 5.10 Å². The van der Waals surface area contributed by atoms with E-state index in [4.69, 9.17) is 14.6 Å². The number of benzene rings is 2. The van der Waals surface area contributed by atoms with Gasteiger partial charge in [0, 0.05) is 12.6 Å². The summed E-state index contributed by atoms with van der Waals surface area (Å²) in [5, 5.41) is 17.1. The molecule has 3 aromatic rings. The first-order chi connectivity index (χ1) is 19.3. The fraction of sp³-hybridized carbons (Fsp3) is 0.469. The number of amides is 1. The second-order valence-corrected chi connectivity index (χ2v) is 11.1. The molecule has 1 fully saturated rings. The van der Waals surface area contributed by atoms with Crippen LogP contribution in [0.1, 0.15) is 74.8 Å². The molecule has 1 aromatic heterocycles. The largest absolute Gasteiger partial charge is 0.496 e. The molecule has 0 saturated heterocycles. The molecule has 8 nitrogen and oxygen atoms in total. The normalized spacial score (nSPS) is 14.6. The van der Waals surface area contributed by atoms with E-state index in [2.05, 4.69) is 5.32 Å². The molecule has 40 heavy (non-hydrogen) atoms. The Morgan fingerprint density at radius 3 is 2.45 bits per heavy atom. The number of ether oxygens (including phenoxy) is 2. The van der Waals surface area contributed by atoms with Crippen LogP contribution in [0.2, 0.25) is 0 Å². The van der Waals surface area contributed by atoms with Gasteiger partial charge in [0.1, 0.15) is 18.1 Å². The van der Waals surface area contributed by atoms with E-state index in [1.165, 1.54) is 19.3 Å². The standard InChI is InChI=1S/C32H41N3O5/c1-22(2)17-25(18-30(36)37)33-32(38)26-19-27(35(34-26)20-23-11-6-4-7-12-23)31-28(39-3)15-10-16-29(31)40-21-24-13-8-5-9-14-24/h5,8-10,13-16,19,22-23,25H,4,6-7,11-12,17-18,20-21H2,1-3H3,(H,33,38)(H,36,37)/t25-/m0/s1. The van der Waals surface area contributed by atoms with Crippen LogP contribution in [0.25, 0.3) is 11.3 Å². The zero-order valence-electron chi connectivity index (χ0n) is 23.8. The van der Waals surface area contributed by atoms with Crippen molar-refractivity contribution in [3.05, 3.63) is 65.9 Å². The molecule has 0 unspecified atom stereocenters. The van der Waals surface area contributed by atoms with Crippen LogP contribution < -0.4 is 14.8 Å². The Morgan fingerprint density at radius 2 is 1.77 bits per heavy atom. The third-order valence-electron chi connectivity index (χ3n) is 7.38. The van der Waals surface area contributed by atoms with Crippen LogP contribution in [0.4, 0.5) is 0 Å². The Kier molecular flexibility index (Phi) is 10.2. The Labute approximate surface area is 236 Å². The van der Waals surface area contributed by atoms with Crippen molar-refractivity contribution in [3.63, 3.8) is 0 Å². The van der Waals surface area contributed by atoms with Crippen molar-refractivity contribution in [2.45, 2.75) is 78.0 Å². The summed E-state index contributed by atoms with van der Waals surface area (Å²) < 4.78 is 14.0. The van der Waals surface area contributed by atoms with E-state index < -0.39 is 12.0 Å². The highest BCUT2D eigenvalue weighted by Crippen LogP contribution is 2.40. The van der Waals surface area contributed by atoms with Gasteiger partial charge in [0.2, 0.25) is 0 Å². The summed E-state index contributed by atoms with van der Waals surface area (Å²) in [5.41, 5.74) is 2.79. The molecule has 8 heteroatoms. The van der Waals surface area contributed by atoms with E-state index in [1.54, 1.807) is 13.2 Å². The quantitative estimate of drug-likeness (QED) is 0.259. The lowest BCUT2D eigenvalue weighted by Crippen LogP contribution is -2.37. The van der Waals surface area contributed by atoms with Crippen molar-refractivity contribution in [1.82, 2.24) is 15.1 Å². The second kappa shape index (κ2) is 14.0. The van der Waals surface area contributed by atoms with Gasteiger partial charge < -0.3 is 19.9 Å². The van der Waals surface area contributed by atoms with Crippen molar-refractivity contribution in [2.24, 2.45) is 11.8 Å². The Balaban J connectivity index is 1.70. The van der Waals surface area contributed by atoms with Crippen LogP contribution in [-0.2, 0) is 17.9 Å². The monoisotopic (exact) mass is 547 g/mol. The molecule has 1 aliphatic rings. The lowest BCUT2D eigenvalue weighted by atomic mass is 9.89. The lowest BCUT2D eigenvalue weighted by Gasteiger charge is -2.23. The van der Waals surface area contributed by atoms with Gasteiger partial charge in [0.05, 0.1) is 24.8 Å². The Bertz CT molecular complexity index is 1260. The molecule has 0 spiro atoms. The topological polar surface area (TPSA) is 103 Å². The van der Waals surface area contributed by atoms with Gasteiger partial charge in [-0.05, 0) is 54.9 Å². The average molecular weight is 548 g/mol. The van der Waals surface area contributed by atoms with Gasteiger partial charge >= 0.3 is 5.97 Å². The highest BCUT2D eigenvalue weighted by molar-refractivity contribution is 5.94. The third kappa shape index (κ3) is 7.87. The summed E-state index contributed by atoms with van der Waals surface area (Å²) in [5.74, 6) is 0.657. The second-order valence-electron chi connectivity index (χ2n) is 11.1. The van der Waals surface area contributed by atoms with Crippen molar-refractivity contribution in [2.75, 3.05) is 7.11 Å². The molecular weight excluding hydrogens is 506 g/mol. The van der Waals surface area contributed by atoms with Crippen molar-refractivity contribution >= 4 is 11.9 Å². The molecule has 1 amide bonds. The Morgan fingerprint density at radius 1 is 1.05 bits per heavy atom. The van der Waals surface area contributed by atoms with Crippen LogP contribution in [0.3, 0.4) is 0 Å². The summed E-state index contributed by atoms with van der Waals surface area (Å²) in [6, 6.07) is 16.9. The van der Waals surface area contributed by atoms with E-state index in [1.807, 2.05) is 67.1 Å². The minimum Gasteiger partial charge on any atom is -0.496 e. The molecular formula is C32H41N3O5. The fourth-order valence-corrected chi connectivity index (χ4v) is 5.50. The lowest BCUT2D eigenvalue weighted by molar-refractivity contribution is -0.137. The van der Waals surface area contributed by atoms with Crippen LogP contribution in [-0.4, -0.2) is 39.9 Å². The number of aromatic nitrogens is 2. The van der Waals surface area contributed by atoms with E-state index in [0.29, 0.717) is 37.0 Å². The van der Waals surface area contributed by atoms with Crippen molar-refractivity contribution < 1.29 is 24.2 Å². The maximum Gasteiger partial charge on any atom is 0.305 e. The number of hydrogen-bond acceptors (Lipinski definition) is 5. The molecule has 1 heterocycles. The smallest absolute Gasteiger partial charge is 0.305 e. The number of hydrogen-bond donors (Lipinski definition) is 2. The number of nitrogens with one attached hydrogen (secondary N) is 1. The molecule has 2 N–H and O–H groups in total. The van der Waals surface area contributed by atoms with E-state index in [-0.39, 0.29) is 23.9 Å². The van der Waals surface area contributed by atoms with Gasteiger partial charge in [-0.15, -0.1) is 0 Å². The zero-order valence-corrected chi connectivity index (χ0v) is 23.8. The van der Waals surface area contributed by atoms with E-state index in [9.17, 15) is 14.7 Å². The van der Waals surface area contributed by atoms with Gasteiger partial charge in [0.15, 0.2) is 5.69 Å². The predicted octanol–water partition coefficient (Wildman–Crippen LogP) is 6.34. The SMILES string of the molecule is COc1cccc(OCc2ccccc2)c1-c1cc(C(=O)N[C@H](CC(=O)O)CC(C)C)nn1CC1CCCCC1. The van der Waals surface area contributed by atoms with Crippen molar-refractivity contribution in [1.29, 1.82) is 0 Å². The maximum atomic E-state index is 13.4. The summed E-state index contributed by atoms with van der Waals surface area (Å²) in [6.07, 6.45) is 6.32. The van der Waals surface area contributed by atoms with Gasteiger partial charge in [-0.3, -0.25) is 14.3 Å². The third-order valence-corrected chi connectivity index (χ3v) is 7.38. The van der Waals surface area contributed by atoms with Crippen LogP contribution in [0.5, 0.6) is 11.5 Å². The molecule has 1 saturated carbocycles. The van der Waals surface area contributed by atoms with Gasteiger partial charge in [0.25, 0.3) is 5.91 Å². The summed E-state index contributed by atoms with van der Waals surface area (Å²) in [7, 11) is 1.62. The summed E-state index contributed by atoms with van der Waals surface area (Å²) >= 11 is 0. The minimum absolute atomic E-state index is 0.135. The first kappa shape index (κ1) is 29.2. The number of nitrogens with zero attached hydrogens (tertiary/aromatic N) is 2. The van der Waals surface area contributed by atoms with Crippen LogP contribution in [0.15, 0.2) is 54.6 Å². The fourth-order valence-electron chi connectivity index (χ4n) is 5.50. The van der Waals surface area contributed by atoms with Gasteiger partial charge in [-0.25, -0.2) is 0 Å². The maximum absolute atomic E-state index is 13.4. The average Bonchev–Trinajstić information content (AvgIpc) is 3.35. The first-order valence-electron chi connectivity index (χ1n) is 14.3. The minimum atomic E-state index is -0.941. The molecule has 4 rings (SSSR count). The van der Waals surface area contributed by atoms with E-state index in [0.717, 1.165) is 29.7 Å². The molecule has 2 aromatic carbocycles. The number of aliphatic carboxylic acids is 1. The van der Waals surface area contributed by atoms with E-state index >= 15 is 0 Å². The summed E-state index contributed by atoms with van der Waals surface area (Å²) in [6.45, 7) is 5.09. The number of carbonyl (C=O) groups is 2. The number of rotatable bonds is 13. The highest BCUT2D eigenvalue weighted by atomic mass is 16.5. The molecule has 0 aliphatic heterocycles. The first-order valence-corrected chi connectivity index (χ1v) is 14.3. The molecule has 0 radical (unpaired) electrons. The zero-order chi connectivity index (χ0) is 28.5. The number of methoxy groups -OCH3 is 1. The molecule has 214 valence electrons. The molecule has 0 bridgehead atoms. The number of carboxylic acid groups (broad SMARTS) is 1. The highest BCUT2D eigenvalue weighted by Gasteiger charge is 2.26. The van der Waals surface area contributed by atoms with Crippen LogP contribution in [0, 0.1) is 11.8 Å². The summed E-state index contributed by atoms with van der Waals surface area (Å²) in [4.78, 5) is 24.9. The van der Waals surface area contributed by atoms with Gasteiger partial charge in [-0.1, -0.05) is 69.5 Å². The van der Waals surface area contributed by atoms with Crippen molar-refractivity contribution in [3.8, 4) is 22.8 Å². The predicted molar refractivity (Wildman–Crippen MR) is 155 cm³/mol. The molecule has 1 atom stereocenters. The van der Waals surface area contributed by atoms with Crippen LogP contribution >= 0.6 is 0 Å². The number of carbonyl (C=O) groups excluding carboxylic acids is 1. The number of carboxylic acids is 1. The Hall–Kier alpha value is -3.81. The molecule has 1 aliphatic carbocycles.